The second kappa shape index (κ2) is 7.79. The first-order chi connectivity index (χ1) is 11.6. The molecule has 1 aromatic rings. The summed E-state index contributed by atoms with van der Waals surface area (Å²) in [5.41, 5.74) is 1.09. The highest BCUT2D eigenvalue weighted by molar-refractivity contribution is 5.76. The molecule has 2 fully saturated rings. The molecular formula is C17H27N5O2. The molecular weight excluding hydrogens is 306 g/mol. The van der Waals surface area contributed by atoms with Gasteiger partial charge in [-0.15, -0.1) is 5.10 Å². The van der Waals surface area contributed by atoms with E-state index in [1.165, 1.54) is 0 Å². The van der Waals surface area contributed by atoms with Crippen LogP contribution in [0.15, 0.2) is 12.3 Å². The van der Waals surface area contributed by atoms with Gasteiger partial charge in [0.15, 0.2) is 5.82 Å². The average molecular weight is 333 g/mol. The molecule has 2 saturated heterocycles. The van der Waals surface area contributed by atoms with Gasteiger partial charge < -0.3 is 19.4 Å². The topological polar surface area (TPSA) is 61.8 Å². The first-order valence-corrected chi connectivity index (χ1v) is 8.81. The van der Waals surface area contributed by atoms with Crippen LogP contribution in [-0.2, 0) is 9.53 Å². The summed E-state index contributed by atoms with van der Waals surface area (Å²) in [6.45, 7) is 10.6. The van der Waals surface area contributed by atoms with Crippen molar-refractivity contribution in [3.05, 3.63) is 12.3 Å². The number of ether oxygens (including phenoxy) is 1. The number of hydrogen-bond donors (Lipinski definition) is 0. The number of rotatable bonds is 4. The van der Waals surface area contributed by atoms with Gasteiger partial charge in [0.25, 0.3) is 0 Å². The molecule has 2 aliphatic heterocycles. The number of anilines is 2. The van der Waals surface area contributed by atoms with Gasteiger partial charge in [-0.1, -0.05) is 13.8 Å². The summed E-state index contributed by atoms with van der Waals surface area (Å²) < 4.78 is 5.39. The molecule has 0 saturated carbocycles. The standard InChI is InChI=1S/C17H27N5O2/c1-14(2)11-17(23)22-5-3-20(4-6-22)15-12-16(19-18-13-15)21-7-9-24-10-8-21/h12-14H,3-11H2,1-2H3. The van der Waals surface area contributed by atoms with Crippen molar-refractivity contribution in [2.45, 2.75) is 20.3 Å². The van der Waals surface area contributed by atoms with E-state index >= 15 is 0 Å². The van der Waals surface area contributed by atoms with Crippen LogP contribution in [0.2, 0.25) is 0 Å². The van der Waals surface area contributed by atoms with E-state index in [1.807, 2.05) is 11.1 Å². The fraction of sp³-hybridized carbons (Fsp3) is 0.706. The molecule has 1 aromatic heterocycles. The fourth-order valence-electron chi connectivity index (χ4n) is 3.16. The monoisotopic (exact) mass is 333 g/mol. The van der Waals surface area contributed by atoms with Gasteiger partial charge in [-0.05, 0) is 5.92 Å². The lowest BCUT2D eigenvalue weighted by Gasteiger charge is -2.36. The molecule has 0 N–H and O–H groups in total. The average Bonchev–Trinajstić information content (AvgIpc) is 2.62. The summed E-state index contributed by atoms with van der Waals surface area (Å²) in [6.07, 6.45) is 2.45. The molecule has 0 aromatic carbocycles. The Kier molecular flexibility index (Phi) is 5.50. The fourth-order valence-corrected chi connectivity index (χ4v) is 3.16. The molecule has 3 rings (SSSR count). The van der Waals surface area contributed by atoms with Crippen LogP contribution in [0.5, 0.6) is 0 Å². The second-order valence-corrected chi connectivity index (χ2v) is 6.84. The largest absolute Gasteiger partial charge is 0.378 e. The summed E-state index contributed by atoms with van der Waals surface area (Å²) in [6, 6.07) is 2.10. The number of morpholine rings is 1. The number of piperazine rings is 1. The zero-order valence-electron chi connectivity index (χ0n) is 14.6. The van der Waals surface area contributed by atoms with Gasteiger partial charge in [-0.25, -0.2) is 0 Å². The highest BCUT2D eigenvalue weighted by atomic mass is 16.5. The third-order valence-electron chi connectivity index (χ3n) is 4.54. The third kappa shape index (κ3) is 4.14. The maximum absolute atomic E-state index is 12.2. The Bertz CT molecular complexity index is 552. The molecule has 0 spiro atoms. The van der Waals surface area contributed by atoms with Gasteiger partial charge in [0, 0.05) is 51.8 Å². The lowest BCUT2D eigenvalue weighted by atomic mass is 10.1. The summed E-state index contributed by atoms with van der Waals surface area (Å²) >= 11 is 0. The van der Waals surface area contributed by atoms with Crippen molar-refractivity contribution in [1.29, 1.82) is 0 Å². The number of carbonyl (C=O) groups excluding carboxylic acids is 1. The molecule has 0 atom stereocenters. The van der Waals surface area contributed by atoms with Crippen molar-refractivity contribution in [2.75, 3.05) is 62.3 Å². The smallest absolute Gasteiger partial charge is 0.222 e. The van der Waals surface area contributed by atoms with Crippen LogP contribution in [0.3, 0.4) is 0 Å². The Morgan fingerprint density at radius 1 is 1.12 bits per heavy atom. The summed E-state index contributed by atoms with van der Waals surface area (Å²) in [7, 11) is 0. The Hall–Kier alpha value is -1.89. The summed E-state index contributed by atoms with van der Waals surface area (Å²) in [5, 5.41) is 8.44. The predicted octanol–water partition coefficient (Wildman–Crippen LogP) is 1.01. The van der Waals surface area contributed by atoms with E-state index < -0.39 is 0 Å². The molecule has 0 radical (unpaired) electrons. The van der Waals surface area contributed by atoms with Crippen LogP contribution in [0.25, 0.3) is 0 Å². The third-order valence-corrected chi connectivity index (χ3v) is 4.54. The van der Waals surface area contributed by atoms with Gasteiger partial charge in [0.1, 0.15) is 0 Å². The summed E-state index contributed by atoms with van der Waals surface area (Å²) in [4.78, 5) is 18.7. The highest BCUT2D eigenvalue weighted by Crippen LogP contribution is 2.21. The Balaban J connectivity index is 1.59. The van der Waals surface area contributed by atoms with Crippen molar-refractivity contribution < 1.29 is 9.53 Å². The van der Waals surface area contributed by atoms with Crippen LogP contribution in [0.4, 0.5) is 11.5 Å². The van der Waals surface area contributed by atoms with Crippen molar-refractivity contribution in [1.82, 2.24) is 15.1 Å². The van der Waals surface area contributed by atoms with Gasteiger partial charge in [0.05, 0.1) is 25.1 Å². The first kappa shape index (κ1) is 17.0. The molecule has 0 aliphatic carbocycles. The second-order valence-electron chi connectivity index (χ2n) is 6.84. The van der Waals surface area contributed by atoms with Crippen LogP contribution in [0, 0.1) is 5.92 Å². The molecule has 2 aliphatic rings. The van der Waals surface area contributed by atoms with Gasteiger partial charge in [0.2, 0.25) is 5.91 Å². The van der Waals surface area contributed by atoms with Crippen LogP contribution in [-0.4, -0.2) is 73.5 Å². The Labute approximate surface area is 143 Å². The molecule has 0 unspecified atom stereocenters. The number of aromatic nitrogens is 2. The minimum atomic E-state index is 0.270. The molecule has 24 heavy (non-hydrogen) atoms. The van der Waals surface area contributed by atoms with E-state index in [9.17, 15) is 4.79 Å². The maximum Gasteiger partial charge on any atom is 0.222 e. The predicted molar refractivity (Wildman–Crippen MR) is 93.3 cm³/mol. The SMILES string of the molecule is CC(C)CC(=O)N1CCN(c2cnnc(N3CCOCC3)c2)CC1. The van der Waals surface area contributed by atoms with Gasteiger partial charge in [-0.2, -0.15) is 5.10 Å². The number of amides is 1. The number of hydrogen-bond acceptors (Lipinski definition) is 6. The molecule has 7 heteroatoms. The zero-order chi connectivity index (χ0) is 16.9. The Morgan fingerprint density at radius 2 is 1.83 bits per heavy atom. The molecule has 132 valence electrons. The van der Waals surface area contributed by atoms with Crippen LogP contribution >= 0.6 is 0 Å². The summed E-state index contributed by atoms with van der Waals surface area (Å²) in [5.74, 6) is 1.59. The van der Waals surface area contributed by atoms with Gasteiger partial charge >= 0.3 is 0 Å². The van der Waals surface area contributed by atoms with E-state index in [0.717, 1.165) is 64.0 Å². The van der Waals surface area contributed by atoms with E-state index in [0.29, 0.717) is 12.3 Å². The van der Waals surface area contributed by atoms with E-state index in [2.05, 4.69) is 39.9 Å². The first-order valence-electron chi connectivity index (χ1n) is 8.81. The van der Waals surface area contributed by atoms with Crippen LogP contribution in [0.1, 0.15) is 20.3 Å². The molecule has 7 nitrogen and oxygen atoms in total. The van der Waals surface area contributed by atoms with E-state index in [-0.39, 0.29) is 5.91 Å². The lowest BCUT2D eigenvalue weighted by Crippen LogP contribution is -2.49. The van der Waals surface area contributed by atoms with Crippen molar-refractivity contribution in [3.63, 3.8) is 0 Å². The maximum atomic E-state index is 12.2. The zero-order valence-corrected chi connectivity index (χ0v) is 14.6. The minimum Gasteiger partial charge on any atom is -0.378 e. The minimum absolute atomic E-state index is 0.270. The number of nitrogens with zero attached hydrogens (tertiary/aromatic N) is 5. The van der Waals surface area contributed by atoms with E-state index in [1.54, 1.807) is 0 Å². The van der Waals surface area contributed by atoms with Crippen molar-refractivity contribution >= 4 is 17.4 Å². The molecule has 3 heterocycles. The lowest BCUT2D eigenvalue weighted by molar-refractivity contribution is -0.132. The van der Waals surface area contributed by atoms with E-state index in [4.69, 9.17) is 4.74 Å². The van der Waals surface area contributed by atoms with Crippen molar-refractivity contribution in [3.8, 4) is 0 Å². The van der Waals surface area contributed by atoms with Crippen LogP contribution < -0.4 is 9.80 Å². The van der Waals surface area contributed by atoms with Gasteiger partial charge in [-0.3, -0.25) is 4.79 Å². The molecule has 1 amide bonds. The quantitative estimate of drug-likeness (QED) is 0.819. The highest BCUT2D eigenvalue weighted by Gasteiger charge is 2.22. The molecule has 0 bridgehead atoms. The normalized spacial score (nSPS) is 19.0. The van der Waals surface area contributed by atoms with Crippen molar-refractivity contribution in [2.24, 2.45) is 5.92 Å². The number of carbonyl (C=O) groups is 1. The Morgan fingerprint density at radius 3 is 2.50 bits per heavy atom.